The quantitative estimate of drug-likeness (QED) is 0.371. The minimum atomic E-state index is -0.438. The molecule has 0 radical (unpaired) electrons. The van der Waals surface area contributed by atoms with Gasteiger partial charge >= 0.3 is 0 Å². The van der Waals surface area contributed by atoms with E-state index in [0.29, 0.717) is 22.7 Å². The lowest BCUT2D eigenvalue weighted by atomic mass is 10.1. The van der Waals surface area contributed by atoms with Crippen LogP contribution in [0.3, 0.4) is 0 Å². The number of hydrogen-bond acceptors (Lipinski definition) is 5. The number of carbonyl (C=O) groups excluding carboxylic acids is 2. The first kappa shape index (κ1) is 20.5. The summed E-state index contributed by atoms with van der Waals surface area (Å²) in [5.41, 5.74) is 7.74. The highest BCUT2D eigenvalue weighted by Gasteiger charge is 2.19. The highest BCUT2D eigenvalue weighted by molar-refractivity contribution is 6.13. The predicted octanol–water partition coefficient (Wildman–Crippen LogP) is 3.19. The minimum Gasteiger partial charge on any atom is -0.495 e. The SMILES string of the molecule is COc1cccc(C(=O)Nc2ccc(C)cn2)c1NC(=O)c1ccc(C(=N)N)cc1. The summed E-state index contributed by atoms with van der Waals surface area (Å²) in [5.74, 6) is -0.223. The molecule has 0 fully saturated rings. The first-order valence-electron chi connectivity index (χ1n) is 9.06. The van der Waals surface area contributed by atoms with Crippen LogP contribution in [0.2, 0.25) is 0 Å². The van der Waals surface area contributed by atoms with Gasteiger partial charge in [-0.05, 0) is 42.8 Å². The molecule has 2 aromatic carbocycles. The van der Waals surface area contributed by atoms with Gasteiger partial charge in [-0.1, -0.05) is 24.3 Å². The molecule has 8 heteroatoms. The van der Waals surface area contributed by atoms with Gasteiger partial charge in [-0.15, -0.1) is 0 Å². The van der Waals surface area contributed by atoms with Crippen LogP contribution in [0, 0.1) is 12.3 Å². The fourth-order valence-corrected chi connectivity index (χ4v) is 2.73. The number of nitrogens with two attached hydrogens (primary N) is 1. The third-order valence-electron chi connectivity index (χ3n) is 4.34. The highest BCUT2D eigenvalue weighted by atomic mass is 16.5. The summed E-state index contributed by atoms with van der Waals surface area (Å²) >= 11 is 0. The zero-order valence-electron chi connectivity index (χ0n) is 16.5. The van der Waals surface area contributed by atoms with Crippen molar-refractivity contribution in [2.45, 2.75) is 6.92 Å². The fraction of sp³-hybridized carbons (Fsp3) is 0.0909. The van der Waals surface area contributed by atoms with Crippen molar-refractivity contribution in [1.29, 1.82) is 5.41 Å². The molecule has 0 saturated heterocycles. The molecule has 2 amide bonds. The van der Waals surface area contributed by atoms with Crippen molar-refractivity contribution in [3.63, 3.8) is 0 Å². The monoisotopic (exact) mass is 403 g/mol. The van der Waals surface area contributed by atoms with E-state index < -0.39 is 11.8 Å². The third-order valence-corrected chi connectivity index (χ3v) is 4.34. The molecule has 0 saturated carbocycles. The number of ether oxygens (including phenoxy) is 1. The molecule has 0 aliphatic carbocycles. The van der Waals surface area contributed by atoms with Gasteiger partial charge in [0.15, 0.2) is 0 Å². The van der Waals surface area contributed by atoms with Gasteiger partial charge in [0.1, 0.15) is 17.4 Å². The van der Waals surface area contributed by atoms with E-state index in [-0.39, 0.29) is 17.1 Å². The van der Waals surface area contributed by atoms with Gasteiger partial charge in [0.25, 0.3) is 11.8 Å². The zero-order chi connectivity index (χ0) is 21.7. The lowest BCUT2D eigenvalue weighted by Crippen LogP contribution is -2.19. The number of nitrogens with zero attached hydrogens (tertiary/aromatic N) is 1. The van der Waals surface area contributed by atoms with E-state index in [1.54, 1.807) is 54.7 Å². The molecule has 152 valence electrons. The second kappa shape index (κ2) is 8.87. The number of nitrogens with one attached hydrogen (secondary N) is 3. The molecule has 0 aliphatic heterocycles. The van der Waals surface area contributed by atoms with Crippen LogP contribution in [0.25, 0.3) is 0 Å². The highest BCUT2D eigenvalue weighted by Crippen LogP contribution is 2.29. The number of methoxy groups -OCH3 is 1. The Morgan fingerprint density at radius 2 is 1.67 bits per heavy atom. The average molecular weight is 403 g/mol. The first-order chi connectivity index (χ1) is 14.4. The van der Waals surface area contributed by atoms with E-state index in [9.17, 15) is 9.59 Å². The predicted molar refractivity (Wildman–Crippen MR) is 115 cm³/mol. The van der Waals surface area contributed by atoms with Gasteiger partial charge in [0.05, 0.1) is 18.4 Å². The van der Waals surface area contributed by atoms with Gasteiger partial charge in [0, 0.05) is 17.3 Å². The smallest absolute Gasteiger partial charge is 0.259 e. The minimum absolute atomic E-state index is 0.0876. The first-order valence-corrected chi connectivity index (χ1v) is 9.06. The van der Waals surface area contributed by atoms with Crippen LogP contribution in [0.5, 0.6) is 5.75 Å². The van der Waals surface area contributed by atoms with Crippen molar-refractivity contribution in [3.05, 3.63) is 83.0 Å². The Labute approximate surface area is 173 Å². The van der Waals surface area contributed by atoms with Gasteiger partial charge in [-0.2, -0.15) is 0 Å². The number of hydrogen-bond donors (Lipinski definition) is 4. The second-order valence-electron chi connectivity index (χ2n) is 6.50. The number of pyridine rings is 1. The van der Waals surface area contributed by atoms with Crippen molar-refractivity contribution >= 4 is 29.2 Å². The molecular weight excluding hydrogens is 382 g/mol. The van der Waals surface area contributed by atoms with Gasteiger partial charge in [0.2, 0.25) is 0 Å². The summed E-state index contributed by atoms with van der Waals surface area (Å²) in [4.78, 5) is 29.7. The Bertz CT molecular complexity index is 1090. The van der Waals surface area contributed by atoms with Crippen molar-refractivity contribution in [2.24, 2.45) is 5.73 Å². The maximum atomic E-state index is 12.8. The van der Waals surface area contributed by atoms with Crippen LogP contribution in [0.4, 0.5) is 11.5 Å². The van der Waals surface area contributed by atoms with Crippen LogP contribution in [-0.4, -0.2) is 29.7 Å². The molecule has 0 spiro atoms. The number of amidine groups is 1. The normalized spacial score (nSPS) is 10.2. The van der Waals surface area contributed by atoms with Crippen LogP contribution in [0.1, 0.15) is 31.8 Å². The number of nitrogen functional groups attached to an aromatic ring is 1. The molecular formula is C22H21N5O3. The number of aryl methyl sites for hydroxylation is 1. The molecule has 0 bridgehead atoms. The van der Waals surface area contributed by atoms with Gasteiger partial charge in [-0.3, -0.25) is 15.0 Å². The summed E-state index contributed by atoms with van der Waals surface area (Å²) in [7, 11) is 1.45. The largest absolute Gasteiger partial charge is 0.495 e. The Kier molecular flexibility index (Phi) is 6.07. The van der Waals surface area contributed by atoms with Crippen molar-refractivity contribution < 1.29 is 14.3 Å². The molecule has 0 atom stereocenters. The van der Waals surface area contributed by atoms with E-state index >= 15 is 0 Å². The third kappa shape index (κ3) is 4.61. The Morgan fingerprint density at radius 3 is 2.27 bits per heavy atom. The molecule has 1 heterocycles. The molecule has 3 rings (SSSR count). The van der Waals surface area contributed by atoms with E-state index in [0.717, 1.165) is 5.56 Å². The van der Waals surface area contributed by atoms with Gasteiger partial charge in [-0.25, -0.2) is 4.98 Å². The molecule has 1 aromatic heterocycles. The molecule has 5 N–H and O–H groups in total. The second-order valence-corrected chi connectivity index (χ2v) is 6.50. The maximum absolute atomic E-state index is 12.8. The lowest BCUT2D eigenvalue weighted by Gasteiger charge is -2.15. The zero-order valence-corrected chi connectivity index (χ0v) is 16.5. The van der Waals surface area contributed by atoms with E-state index in [1.165, 1.54) is 7.11 Å². The summed E-state index contributed by atoms with van der Waals surface area (Å²) in [6, 6.07) is 14.7. The molecule has 0 unspecified atom stereocenters. The summed E-state index contributed by atoms with van der Waals surface area (Å²) in [6.07, 6.45) is 1.65. The number of rotatable bonds is 6. The molecule has 0 aliphatic rings. The van der Waals surface area contributed by atoms with Crippen LogP contribution >= 0.6 is 0 Å². The van der Waals surface area contributed by atoms with Crippen molar-refractivity contribution in [2.75, 3.05) is 17.7 Å². The topological polar surface area (TPSA) is 130 Å². The van der Waals surface area contributed by atoms with E-state index in [1.807, 2.05) is 13.0 Å². The lowest BCUT2D eigenvalue weighted by molar-refractivity contribution is 0.102. The Hall–Kier alpha value is -4.20. The van der Waals surface area contributed by atoms with Crippen LogP contribution < -0.4 is 21.1 Å². The molecule has 30 heavy (non-hydrogen) atoms. The average Bonchev–Trinajstić information content (AvgIpc) is 2.75. The van der Waals surface area contributed by atoms with E-state index in [2.05, 4.69) is 15.6 Å². The van der Waals surface area contributed by atoms with E-state index in [4.69, 9.17) is 15.9 Å². The van der Waals surface area contributed by atoms with Crippen molar-refractivity contribution in [1.82, 2.24) is 4.98 Å². The number of para-hydroxylation sites is 1. The summed E-state index contributed by atoms with van der Waals surface area (Å²) in [5, 5.41) is 12.9. The fourth-order valence-electron chi connectivity index (χ4n) is 2.73. The Balaban J connectivity index is 1.87. The number of carbonyl (C=O) groups is 2. The molecule has 8 nitrogen and oxygen atoms in total. The maximum Gasteiger partial charge on any atom is 0.259 e. The van der Waals surface area contributed by atoms with Crippen molar-refractivity contribution in [3.8, 4) is 5.75 Å². The number of anilines is 2. The van der Waals surface area contributed by atoms with Crippen LogP contribution in [-0.2, 0) is 0 Å². The number of amides is 2. The summed E-state index contributed by atoms with van der Waals surface area (Å²) in [6.45, 7) is 1.90. The number of aromatic nitrogens is 1. The van der Waals surface area contributed by atoms with Gasteiger partial charge < -0.3 is 21.1 Å². The standard InChI is InChI=1S/C22H21N5O3/c1-13-6-11-18(25-12-13)26-22(29)16-4-3-5-17(30-2)19(16)27-21(28)15-9-7-14(8-10-15)20(23)24/h3-12H,1-2H3,(H3,23,24)(H,27,28)(H,25,26,29). The summed E-state index contributed by atoms with van der Waals surface area (Å²) < 4.78 is 5.33. The molecule has 3 aromatic rings. The Morgan fingerprint density at radius 1 is 0.967 bits per heavy atom. The van der Waals surface area contributed by atoms with Crippen LogP contribution in [0.15, 0.2) is 60.8 Å². The number of benzene rings is 2.